The van der Waals surface area contributed by atoms with Crippen LogP contribution in [0.1, 0.15) is 65.4 Å². The molecule has 0 aliphatic rings. The summed E-state index contributed by atoms with van der Waals surface area (Å²) in [5.74, 6) is -0.0978. The maximum absolute atomic E-state index is 12.5. The first-order chi connectivity index (χ1) is 15.8. The Bertz CT molecular complexity index is 1010. The molecule has 178 valence electrons. The molecule has 0 bridgehead atoms. The smallest absolute Gasteiger partial charge is 0.335 e. The number of hydrogen-bond donors (Lipinski definition) is 1. The summed E-state index contributed by atoms with van der Waals surface area (Å²) in [6, 6.07) is 15.2. The third kappa shape index (κ3) is 6.87. The fraction of sp³-hybridized carbons (Fsp3) is 0.519. The van der Waals surface area contributed by atoms with Gasteiger partial charge in [0.15, 0.2) is 6.10 Å². The highest BCUT2D eigenvalue weighted by Crippen LogP contribution is 2.33. The molecule has 2 atom stereocenters. The molecule has 1 aromatic heterocycles. The van der Waals surface area contributed by atoms with Gasteiger partial charge in [-0.15, -0.1) is 10.2 Å². The maximum atomic E-state index is 12.5. The van der Waals surface area contributed by atoms with Crippen LogP contribution in [0.4, 0.5) is 0 Å². The number of aliphatic hydroxyl groups excluding tert-OH is 1. The van der Waals surface area contributed by atoms with Crippen LogP contribution in [-0.4, -0.2) is 38.8 Å². The van der Waals surface area contributed by atoms with Crippen molar-refractivity contribution in [3.8, 4) is 5.69 Å². The minimum absolute atomic E-state index is 0.145. The number of aliphatic hydroxyl groups is 1. The molecule has 6 nitrogen and oxygen atoms in total. The number of aromatic nitrogens is 3. The molecule has 0 fully saturated rings. The Morgan fingerprint density at radius 2 is 1.64 bits per heavy atom. The fourth-order valence-electron chi connectivity index (χ4n) is 4.19. The van der Waals surface area contributed by atoms with Crippen molar-refractivity contribution in [3.63, 3.8) is 0 Å². The molecule has 1 heterocycles. The Hall–Kier alpha value is -2.73. The molecule has 0 saturated heterocycles. The van der Waals surface area contributed by atoms with Crippen molar-refractivity contribution in [2.45, 2.75) is 72.3 Å². The molecule has 0 amide bonds. The number of carbonyl (C=O) groups excluding carboxylic acids is 1. The molecule has 0 radical (unpaired) electrons. The van der Waals surface area contributed by atoms with Crippen molar-refractivity contribution in [2.75, 3.05) is 6.61 Å². The zero-order valence-corrected chi connectivity index (χ0v) is 20.3. The topological polar surface area (TPSA) is 77.2 Å². The average Bonchev–Trinajstić information content (AvgIpc) is 3.21. The number of esters is 1. The van der Waals surface area contributed by atoms with Crippen molar-refractivity contribution in [1.29, 1.82) is 0 Å². The van der Waals surface area contributed by atoms with Crippen LogP contribution >= 0.6 is 0 Å². The lowest BCUT2D eigenvalue weighted by Crippen LogP contribution is -2.28. The van der Waals surface area contributed by atoms with Crippen molar-refractivity contribution in [2.24, 2.45) is 11.3 Å². The number of unbranched alkanes of at least 4 members (excludes halogenated alkanes) is 2. The number of para-hydroxylation sites is 1. The second-order valence-corrected chi connectivity index (χ2v) is 9.84. The lowest BCUT2D eigenvalue weighted by molar-refractivity contribution is -0.154. The maximum Gasteiger partial charge on any atom is 0.335 e. The van der Waals surface area contributed by atoms with Gasteiger partial charge in [0, 0.05) is 6.42 Å². The van der Waals surface area contributed by atoms with Crippen LogP contribution in [0.3, 0.4) is 0 Å². The third-order valence-corrected chi connectivity index (χ3v) is 6.27. The standard InChI is InChI=1S/C27H37N3O3/c1-5-6-7-13-21(27(2,3)4)17-18-33-26(32)25(31)19-20-12-8-11-16-24(20)30-28-22-14-9-10-15-23(22)29-30/h8-12,14-16,21,25,31H,5-7,13,17-19H2,1-4H3. The van der Waals surface area contributed by atoms with Gasteiger partial charge in [0.2, 0.25) is 0 Å². The van der Waals surface area contributed by atoms with Crippen molar-refractivity contribution < 1.29 is 14.6 Å². The molecular formula is C27H37N3O3. The molecule has 33 heavy (non-hydrogen) atoms. The number of rotatable bonds is 11. The van der Waals surface area contributed by atoms with Gasteiger partial charge in [0.1, 0.15) is 11.0 Å². The van der Waals surface area contributed by atoms with E-state index in [-0.39, 0.29) is 11.8 Å². The predicted molar refractivity (Wildman–Crippen MR) is 131 cm³/mol. The van der Waals surface area contributed by atoms with Gasteiger partial charge in [-0.1, -0.05) is 77.3 Å². The molecule has 6 heteroatoms. The van der Waals surface area contributed by atoms with Crippen LogP contribution in [-0.2, 0) is 16.0 Å². The van der Waals surface area contributed by atoms with E-state index in [4.69, 9.17) is 4.74 Å². The highest BCUT2D eigenvalue weighted by atomic mass is 16.5. The Labute approximate surface area is 197 Å². The quantitative estimate of drug-likeness (QED) is 0.308. The Balaban J connectivity index is 1.60. The normalized spacial score (nSPS) is 13.7. The van der Waals surface area contributed by atoms with Crippen LogP contribution in [0.15, 0.2) is 48.5 Å². The van der Waals surface area contributed by atoms with E-state index in [0.717, 1.165) is 35.1 Å². The SMILES string of the molecule is CCCCCC(CCOC(=O)C(O)Cc1ccccc1-n1nc2ccccc2n1)C(C)(C)C. The number of hydrogen-bond acceptors (Lipinski definition) is 5. The van der Waals surface area contributed by atoms with Gasteiger partial charge in [-0.2, -0.15) is 4.80 Å². The monoisotopic (exact) mass is 451 g/mol. The molecular weight excluding hydrogens is 414 g/mol. The number of fused-ring (bicyclic) bond motifs is 1. The zero-order chi connectivity index (χ0) is 23.8. The molecule has 3 aromatic rings. The molecule has 2 aromatic carbocycles. The first-order valence-electron chi connectivity index (χ1n) is 12.0. The van der Waals surface area contributed by atoms with Crippen molar-refractivity contribution in [1.82, 2.24) is 15.0 Å². The predicted octanol–water partition coefficient (Wildman–Crippen LogP) is 5.50. The Morgan fingerprint density at radius 1 is 1.00 bits per heavy atom. The number of nitrogens with zero attached hydrogens (tertiary/aromatic N) is 3. The molecule has 0 aliphatic carbocycles. The summed E-state index contributed by atoms with van der Waals surface area (Å²) in [5, 5.41) is 19.6. The number of carbonyl (C=O) groups is 1. The van der Waals surface area contributed by atoms with E-state index in [1.807, 2.05) is 48.5 Å². The van der Waals surface area contributed by atoms with Gasteiger partial charge >= 0.3 is 5.97 Å². The fourth-order valence-corrected chi connectivity index (χ4v) is 4.19. The van der Waals surface area contributed by atoms with Gasteiger partial charge in [0.05, 0.1) is 12.3 Å². The summed E-state index contributed by atoms with van der Waals surface area (Å²) in [6.45, 7) is 9.26. The summed E-state index contributed by atoms with van der Waals surface area (Å²) in [4.78, 5) is 14.1. The molecule has 0 saturated carbocycles. The van der Waals surface area contributed by atoms with Crippen LogP contribution in [0.25, 0.3) is 16.7 Å². The van der Waals surface area contributed by atoms with E-state index in [0.29, 0.717) is 12.5 Å². The minimum atomic E-state index is -1.23. The summed E-state index contributed by atoms with van der Waals surface area (Å²) >= 11 is 0. The highest BCUT2D eigenvalue weighted by molar-refractivity contribution is 5.75. The lowest BCUT2D eigenvalue weighted by atomic mass is 9.76. The van der Waals surface area contributed by atoms with Crippen LogP contribution in [0.5, 0.6) is 0 Å². The first-order valence-corrected chi connectivity index (χ1v) is 12.0. The summed E-state index contributed by atoms with van der Waals surface area (Å²) < 4.78 is 5.47. The van der Waals surface area contributed by atoms with Crippen LogP contribution in [0, 0.1) is 11.3 Å². The third-order valence-electron chi connectivity index (χ3n) is 6.27. The van der Waals surface area contributed by atoms with E-state index in [9.17, 15) is 9.90 Å². The van der Waals surface area contributed by atoms with E-state index in [1.165, 1.54) is 19.3 Å². The highest BCUT2D eigenvalue weighted by Gasteiger charge is 2.25. The van der Waals surface area contributed by atoms with Gasteiger partial charge in [-0.05, 0) is 47.9 Å². The van der Waals surface area contributed by atoms with E-state index in [1.54, 1.807) is 4.80 Å². The summed E-state index contributed by atoms with van der Waals surface area (Å²) in [5.41, 5.74) is 3.27. The van der Waals surface area contributed by atoms with Crippen molar-refractivity contribution >= 4 is 17.0 Å². The summed E-state index contributed by atoms with van der Waals surface area (Å²) in [7, 11) is 0. The van der Waals surface area contributed by atoms with E-state index < -0.39 is 12.1 Å². The molecule has 2 unspecified atom stereocenters. The zero-order valence-electron chi connectivity index (χ0n) is 20.3. The second kappa shape index (κ2) is 11.4. The van der Waals surface area contributed by atoms with Crippen LogP contribution in [0.2, 0.25) is 0 Å². The van der Waals surface area contributed by atoms with Gasteiger partial charge < -0.3 is 9.84 Å². The summed E-state index contributed by atoms with van der Waals surface area (Å²) in [6.07, 6.45) is 4.48. The minimum Gasteiger partial charge on any atom is -0.464 e. The average molecular weight is 452 g/mol. The van der Waals surface area contributed by atoms with E-state index >= 15 is 0 Å². The van der Waals surface area contributed by atoms with E-state index in [2.05, 4.69) is 37.9 Å². The molecule has 0 aliphatic heterocycles. The van der Waals surface area contributed by atoms with Crippen LogP contribution < -0.4 is 0 Å². The van der Waals surface area contributed by atoms with Crippen molar-refractivity contribution in [3.05, 3.63) is 54.1 Å². The Morgan fingerprint density at radius 3 is 2.27 bits per heavy atom. The lowest BCUT2D eigenvalue weighted by Gasteiger charge is -2.31. The number of benzene rings is 2. The number of ether oxygens (including phenoxy) is 1. The van der Waals surface area contributed by atoms with Gasteiger partial charge in [-0.3, -0.25) is 0 Å². The van der Waals surface area contributed by atoms with Gasteiger partial charge in [0.25, 0.3) is 0 Å². The molecule has 0 spiro atoms. The largest absolute Gasteiger partial charge is 0.464 e. The first kappa shape index (κ1) is 24.9. The second-order valence-electron chi connectivity index (χ2n) is 9.84. The molecule has 3 rings (SSSR count). The van der Waals surface area contributed by atoms with Gasteiger partial charge in [-0.25, -0.2) is 4.79 Å². The Kier molecular flexibility index (Phi) is 8.61. The molecule has 1 N–H and O–H groups in total.